The highest BCUT2D eigenvalue weighted by molar-refractivity contribution is 5.59. The van der Waals surface area contributed by atoms with Crippen LogP contribution < -0.4 is 10.2 Å². The largest absolute Gasteiger partial charge is 0.383 e. The molecule has 0 bridgehead atoms. The maximum atomic E-state index is 5.27. The van der Waals surface area contributed by atoms with Crippen LogP contribution in [0.2, 0.25) is 0 Å². The van der Waals surface area contributed by atoms with Gasteiger partial charge >= 0.3 is 0 Å². The summed E-state index contributed by atoms with van der Waals surface area (Å²) in [6.45, 7) is 11.0. The van der Waals surface area contributed by atoms with Gasteiger partial charge in [0.2, 0.25) is 0 Å². The summed E-state index contributed by atoms with van der Waals surface area (Å²) in [5.41, 5.74) is 1.14. The number of aromatic nitrogens is 2. The lowest BCUT2D eigenvalue weighted by atomic mass is 10.2. The van der Waals surface area contributed by atoms with E-state index >= 15 is 0 Å². The van der Waals surface area contributed by atoms with Crippen LogP contribution >= 0.6 is 0 Å². The van der Waals surface area contributed by atoms with Crippen LogP contribution in [0.5, 0.6) is 0 Å². The molecule has 1 N–H and O–H groups in total. The Bertz CT molecular complexity index is 472. The number of rotatable bonds is 8. The lowest BCUT2D eigenvalue weighted by molar-refractivity contribution is 0.204. The van der Waals surface area contributed by atoms with E-state index < -0.39 is 0 Å². The average molecular weight is 292 g/mol. The third kappa shape index (κ3) is 3.84. The maximum Gasteiger partial charge on any atom is 0.137 e. The predicted octanol–water partition coefficient (Wildman–Crippen LogP) is 2.96. The van der Waals surface area contributed by atoms with Gasteiger partial charge in [0.05, 0.1) is 6.61 Å². The highest BCUT2D eigenvalue weighted by atomic mass is 16.5. The molecule has 0 saturated heterocycles. The minimum absolute atomic E-state index is 0.324. The van der Waals surface area contributed by atoms with E-state index in [4.69, 9.17) is 9.72 Å². The molecule has 0 spiro atoms. The second-order valence-corrected chi connectivity index (χ2v) is 5.98. The summed E-state index contributed by atoms with van der Waals surface area (Å²) < 4.78 is 5.27. The van der Waals surface area contributed by atoms with E-state index in [0.29, 0.717) is 12.0 Å². The smallest absolute Gasteiger partial charge is 0.137 e. The van der Waals surface area contributed by atoms with Gasteiger partial charge in [0.15, 0.2) is 0 Å². The van der Waals surface area contributed by atoms with Gasteiger partial charge < -0.3 is 15.0 Å². The first-order valence-corrected chi connectivity index (χ1v) is 7.96. The molecule has 1 heterocycles. The van der Waals surface area contributed by atoms with E-state index in [9.17, 15) is 0 Å². The molecule has 1 aromatic heterocycles. The molecule has 0 aliphatic heterocycles. The summed E-state index contributed by atoms with van der Waals surface area (Å²) in [5.74, 6) is 3.28. The quantitative estimate of drug-likeness (QED) is 0.798. The molecule has 1 aliphatic carbocycles. The fourth-order valence-corrected chi connectivity index (χ4v) is 2.44. The summed E-state index contributed by atoms with van der Waals surface area (Å²) in [4.78, 5) is 11.9. The number of methoxy groups -OCH3 is 1. The van der Waals surface area contributed by atoms with Crippen LogP contribution in [0.1, 0.15) is 50.9 Å². The first kappa shape index (κ1) is 16.0. The van der Waals surface area contributed by atoms with Gasteiger partial charge in [-0.1, -0.05) is 13.8 Å². The second-order valence-electron chi connectivity index (χ2n) is 5.98. The zero-order chi connectivity index (χ0) is 15.4. The number of ether oxygens (including phenoxy) is 1. The van der Waals surface area contributed by atoms with Gasteiger partial charge in [-0.3, -0.25) is 0 Å². The highest BCUT2D eigenvalue weighted by Gasteiger charge is 2.31. The molecule has 2 rings (SSSR count). The van der Waals surface area contributed by atoms with Crippen molar-refractivity contribution in [1.29, 1.82) is 0 Å². The molecule has 1 fully saturated rings. The predicted molar refractivity (Wildman–Crippen MR) is 87.3 cm³/mol. The lowest BCUT2D eigenvalue weighted by Gasteiger charge is -2.26. The number of nitrogens with one attached hydrogen (secondary N) is 1. The molecule has 21 heavy (non-hydrogen) atoms. The summed E-state index contributed by atoms with van der Waals surface area (Å²) in [6, 6.07) is 0.614. The Morgan fingerprint density at radius 3 is 2.57 bits per heavy atom. The van der Waals surface area contributed by atoms with Crippen molar-refractivity contribution in [1.82, 2.24) is 9.97 Å². The summed E-state index contributed by atoms with van der Waals surface area (Å²) >= 11 is 0. The standard InChI is InChI=1S/C16H28N4O/c1-6-17-15-12(4)16(19-14(18-15)11(2)3)20(9-10-21-5)13-7-8-13/h11,13H,6-10H2,1-5H3,(H,17,18,19). The summed E-state index contributed by atoms with van der Waals surface area (Å²) in [7, 11) is 1.75. The first-order valence-electron chi connectivity index (χ1n) is 7.96. The maximum absolute atomic E-state index is 5.27. The second kappa shape index (κ2) is 7.07. The third-order valence-corrected chi connectivity index (χ3v) is 3.79. The van der Waals surface area contributed by atoms with Crippen molar-refractivity contribution in [2.45, 2.75) is 52.5 Å². The number of nitrogens with zero attached hydrogens (tertiary/aromatic N) is 3. The van der Waals surface area contributed by atoms with Crippen LogP contribution in [0.15, 0.2) is 0 Å². The number of hydrogen-bond acceptors (Lipinski definition) is 5. The first-order chi connectivity index (χ1) is 10.1. The monoisotopic (exact) mass is 292 g/mol. The molecular weight excluding hydrogens is 264 g/mol. The highest BCUT2D eigenvalue weighted by Crippen LogP contribution is 2.34. The Morgan fingerprint density at radius 2 is 2.05 bits per heavy atom. The molecule has 0 amide bonds. The van der Waals surface area contributed by atoms with E-state index in [1.54, 1.807) is 7.11 Å². The normalized spacial score (nSPS) is 14.6. The van der Waals surface area contributed by atoms with Crippen molar-refractivity contribution >= 4 is 11.6 Å². The van der Waals surface area contributed by atoms with Crippen molar-refractivity contribution in [3.63, 3.8) is 0 Å². The molecule has 1 aromatic rings. The molecule has 5 nitrogen and oxygen atoms in total. The van der Waals surface area contributed by atoms with Gasteiger partial charge in [0.1, 0.15) is 17.5 Å². The topological polar surface area (TPSA) is 50.3 Å². The van der Waals surface area contributed by atoms with Crippen LogP contribution in [0.3, 0.4) is 0 Å². The van der Waals surface area contributed by atoms with Crippen molar-refractivity contribution < 1.29 is 4.74 Å². The van der Waals surface area contributed by atoms with Crippen molar-refractivity contribution in [2.24, 2.45) is 0 Å². The van der Waals surface area contributed by atoms with Gasteiger partial charge in [-0.15, -0.1) is 0 Å². The lowest BCUT2D eigenvalue weighted by Crippen LogP contribution is -2.31. The van der Waals surface area contributed by atoms with E-state index in [0.717, 1.165) is 42.7 Å². The van der Waals surface area contributed by atoms with E-state index in [1.165, 1.54) is 12.8 Å². The summed E-state index contributed by atoms with van der Waals surface area (Å²) in [6.07, 6.45) is 2.50. The van der Waals surface area contributed by atoms with Crippen LogP contribution in [-0.4, -0.2) is 42.8 Å². The Balaban J connectivity index is 2.38. The molecule has 0 aromatic carbocycles. The minimum atomic E-state index is 0.324. The van der Waals surface area contributed by atoms with Crippen LogP contribution in [0, 0.1) is 6.92 Å². The molecule has 1 saturated carbocycles. The van der Waals surface area contributed by atoms with Gasteiger partial charge in [-0.2, -0.15) is 0 Å². The SMILES string of the molecule is CCNc1nc(C(C)C)nc(N(CCOC)C2CC2)c1C. The van der Waals surface area contributed by atoms with Crippen molar-refractivity contribution in [3.8, 4) is 0 Å². The fourth-order valence-electron chi connectivity index (χ4n) is 2.44. The number of anilines is 2. The van der Waals surface area contributed by atoms with Crippen molar-refractivity contribution in [2.75, 3.05) is 37.0 Å². The Morgan fingerprint density at radius 1 is 1.33 bits per heavy atom. The van der Waals surface area contributed by atoms with Crippen LogP contribution in [-0.2, 0) is 4.74 Å². The van der Waals surface area contributed by atoms with Gasteiger partial charge in [0, 0.05) is 37.7 Å². The molecule has 1 aliphatic rings. The summed E-state index contributed by atoms with van der Waals surface area (Å²) in [5, 5.41) is 3.37. The van der Waals surface area contributed by atoms with Gasteiger partial charge in [-0.25, -0.2) is 9.97 Å². The molecule has 0 atom stereocenters. The third-order valence-electron chi connectivity index (χ3n) is 3.79. The Hall–Kier alpha value is -1.36. The zero-order valence-corrected chi connectivity index (χ0v) is 13.9. The molecule has 5 heteroatoms. The minimum Gasteiger partial charge on any atom is -0.383 e. The van der Waals surface area contributed by atoms with Crippen LogP contribution in [0.25, 0.3) is 0 Å². The molecular formula is C16H28N4O. The average Bonchev–Trinajstić information content (AvgIpc) is 3.27. The van der Waals surface area contributed by atoms with E-state index in [2.05, 4.69) is 42.9 Å². The molecule has 0 unspecified atom stereocenters. The molecule has 0 radical (unpaired) electrons. The van der Waals surface area contributed by atoms with Crippen LogP contribution in [0.4, 0.5) is 11.6 Å². The van der Waals surface area contributed by atoms with Gasteiger partial charge in [-0.05, 0) is 26.7 Å². The number of hydrogen-bond donors (Lipinski definition) is 1. The Kier molecular flexibility index (Phi) is 5.39. The Labute approximate surface area is 128 Å². The van der Waals surface area contributed by atoms with Crippen molar-refractivity contribution in [3.05, 3.63) is 11.4 Å². The molecule has 118 valence electrons. The fraction of sp³-hybridized carbons (Fsp3) is 0.750. The van der Waals surface area contributed by atoms with E-state index in [-0.39, 0.29) is 0 Å². The van der Waals surface area contributed by atoms with Gasteiger partial charge in [0.25, 0.3) is 0 Å². The zero-order valence-electron chi connectivity index (χ0n) is 13.9. The van der Waals surface area contributed by atoms with E-state index in [1.807, 2.05) is 0 Å².